The summed E-state index contributed by atoms with van der Waals surface area (Å²) in [5, 5.41) is 0. The third-order valence-corrected chi connectivity index (χ3v) is 5.92. The van der Waals surface area contributed by atoms with E-state index >= 15 is 0 Å². The molecule has 0 spiro atoms. The van der Waals surface area contributed by atoms with Crippen LogP contribution in [0, 0.1) is 5.92 Å². The standard InChI is InChI=1S/C18H25N3O4S/c1-20-12-16(14-5-3-4-6-15(14)17(20)22)18(23)21-9-7-13(8-10-21)11-19-26(2,24)25/h3-6,13,16,19H,7-12H2,1-2H3. The summed E-state index contributed by atoms with van der Waals surface area (Å²) in [5.41, 5.74) is 1.41. The zero-order valence-electron chi connectivity index (χ0n) is 15.1. The summed E-state index contributed by atoms with van der Waals surface area (Å²) >= 11 is 0. The lowest BCUT2D eigenvalue weighted by Crippen LogP contribution is -2.47. The third-order valence-electron chi connectivity index (χ3n) is 5.23. The number of benzene rings is 1. The minimum absolute atomic E-state index is 0.0461. The van der Waals surface area contributed by atoms with Gasteiger partial charge in [0, 0.05) is 38.8 Å². The molecule has 1 aromatic rings. The molecule has 2 heterocycles. The van der Waals surface area contributed by atoms with Crippen molar-refractivity contribution in [3.05, 3.63) is 35.4 Å². The molecule has 0 bridgehead atoms. The van der Waals surface area contributed by atoms with Crippen LogP contribution in [-0.4, -0.2) is 69.5 Å². The quantitative estimate of drug-likeness (QED) is 0.832. The van der Waals surface area contributed by atoms with Crippen LogP contribution in [-0.2, 0) is 14.8 Å². The van der Waals surface area contributed by atoms with Gasteiger partial charge in [-0.05, 0) is 30.4 Å². The van der Waals surface area contributed by atoms with E-state index in [0.717, 1.165) is 24.7 Å². The molecule has 2 aliphatic heterocycles. The molecule has 2 aliphatic rings. The number of carbonyl (C=O) groups excluding carboxylic acids is 2. The first-order valence-electron chi connectivity index (χ1n) is 8.84. The first-order valence-corrected chi connectivity index (χ1v) is 10.7. The molecule has 0 aromatic heterocycles. The molecule has 1 fully saturated rings. The van der Waals surface area contributed by atoms with Crippen molar-refractivity contribution in [3.63, 3.8) is 0 Å². The normalized spacial score (nSPS) is 21.6. The molecule has 7 nitrogen and oxygen atoms in total. The van der Waals surface area contributed by atoms with E-state index < -0.39 is 10.0 Å². The minimum Gasteiger partial charge on any atom is -0.342 e. The Morgan fingerprint density at radius 2 is 1.88 bits per heavy atom. The van der Waals surface area contributed by atoms with Gasteiger partial charge in [-0.25, -0.2) is 13.1 Å². The number of likely N-dealkylation sites (tertiary alicyclic amines) is 1. The predicted octanol–water partition coefficient (Wildman–Crippen LogP) is 0.644. The van der Waals surface area contributed by atoms with Gasteiger partial charge in [-0.15, -0.1) is 0 Å². The molecule has 1 saturated heterocycles. The predicted molar refractivity (Wildman–Crippen MR) is 98.3 cm³/mol. The van der Waals surface area contributed by atoms with Gasteiger partial charge in [-0.1, -0.05) is 18.2 Å². The Hall–Kier alpha value is -1.93. The zero-order valence-corrected chi connectivity index (χ0v) is 16.0. The molecule has 0 saturated carbocycles. The number of carbonyl (C=O) groups is 2. The van der Waals surface area contributed by atoms with Crippen molar-refractivity contribution in [3.8, 4) is 0 Å². The van der Waals surface area contributed by atoms with Crippen molar-refractivity contribution in [2.24, 2.45) is 5.92 Å². The largest absolute Gasteiger partial charge is 0.342 e. The smallest absolute Gasteiger partial charge is 0.253 e. The van der Waals surface area contributed by atoms with Gasteiger partial charge in [-0.3, -0.25) is 9.59 Å². The molecule has 8 heteroatoms. The molecule has 26 heavy (non-hydrogen) atoms. The van der Waals surface area contributed by atoms with Crippen LogP contribution in [0.4, 0.5) is 0 Å². The maximum absolute atomic E-state index is 13.1. The highest BCUT2D eigenvalue weighted by molar-refractivity contribution is 7.88. The second-order valence-corrected chi connectivity index (χ2v) is 9.05. The summed E-state index contributed by atoms with van der Waals surface area (Å²) in [4.78, 5) is 28.8. The average molecular weight is 379 g/mol. The average Bonchev–Trinajstić information content (AvgIpc) is 2.62. The number of piperidine rings is 1. The summed E-state index contributed by atoms with van der Waals surface area (Å²) in [6.45, 7) is 2.05. The van der Waals surface area contributed by atoms with E-state index in [0.29, 0.717) is 31.7 Å². The van der Waals surface area contributed by atoms with Crippen LogP contribution < -0.4 is 4.72 Å². The summed E-state index contributed by atoms with van der Waals surface area (Å²) in [7, 11) is -1.46. The van der Waals surface area contributed by atoms with Crippen molar-refractivity contribution in [2.75, 3.05) is 39.5 Å². The lowest BCUT2D eigenvalue weighted by molar-refractivity contribution is -0.134. The second-order valence-electron chi connectivity index (χ2n) is 7.21. The fourth-order valence-corrected chi connectivity index (χ4v) is 4.25. The highest BCUT2D eigenvalue weighted by atomic mass is 32.2. The van der Waals surface area contributed by atoms with Gasteiger partial charge in [0.15, 0.2) is 0 Å². The van der Waals surface area contributed by atoms with Crippen LogP contribution in [0.5, 0.6) is 0 Å². The van der Waals surface area contributed by atoms with E-state index in [9.17, 15) is 18.0 Å². The van der Waals surface area contributed by atoms with Crippen molar-refractivity contribution < 1.29 is 18.0 Å². The van der Waals surface area contributed by atoms with E-state index in [4.69, 9.17) is 0 Å². The molecule has 0 radical (unpaired) electrons. The lowest BCUT2D eigenvalue weighted by Gasteiger charge is -2.37. The Morgan fingerprint density at radius 1 is 1.23 bits per heavy atom. The van der Waals surface area contributed by atoms with Crippen LogP contribution in [0.3, 0.4) is 0 Å². The number of nitrogens with one attached hydrogen (secondary N) is 1. The fourth-order valence-electron chi connectivity index (χ4n) is 3.71. The van der Waals surface area contributed by atoms with E-state index in [-0.39, 0.29) is 23.7 Å². The Kier molecular flexibility index (Phi) is 5.34. The van der Waals surface area contributed by atoms with Crippen LogP contribution >= 0.6 is 0 Å². The zero-order chi connectivity index (χ0) is 18.9. The summed E-state index contributed by atoms with van der Waals surface area (Å²) in [6, 6.07) is 7.32. The van der Waals surface area contributed by atoms with Crippen LogP contribution in [0.15, 0.2) is 24.3 Å². The minimum atomic E-state index is -3.18. The van der Waals surface area contributed by atoms with Crippen molar-refractivity contribution in [1.29, 1.82) is 0 Å². The highest BCUT2D eigenvalue weighted by Gasteiger charge is 2.36. The van der Waals surface area contributed by atoms with Gasteiger partial charge in [-0.2, -0.15) is 0 Å². The number of rotatable bonds is 4. The Balaban J connectivity index is 1.66. The number of fused-ring (bicyclic) bond motifs is 1. The summed E-state index contributed by atoms with van der Waals surface area (Å²) < 4.78 is 25.0. The number of hydrogen-bond donors (Lipinski definition) is 1. The van der Waals surface area contributed by atoms with Crippen LogP contribution in [0.1, 0.15) is 34.7 Å². The molecule has 1 atom stereocenters. The Morgan fingerprint density at radius 3 is 2.54 bits per heavy atom. The van der Waals surface area contributed by atoms with E-state index in [1.165, 1.54) is 0 Å². The fraction of sp³-hybridized carbons (Fsp3) is 0.556. The van der Waals surface area contributed by atoms with Crippen LogP contribution in [0.25, 0.3) is 0 Å². The molecular formula is C18H25N3O4S. The molecule has 1 unspecified atom stereocenters. The van der Waals surface area contributed by atoms with E-state index in [1.54, 1.807) is 18.0 Å². The lowest BCUT2D eigenvalue weighted by atomic mass is 9.87. The third kappa shape index (κ3) is 4.07. The SMILES string of the molecule is CN1CC(C(=O)N2CCC(CNS(C)(=O)=O)CC2)c2ccccc2C1=O. The number of sulfonamides is 1. The maximum atomic E-state index is 13.1. The monoisotopic (exact) mass is 379 g/mol. The number of amides is 2. The van der Waals surface area contributed by atoms with Gasteiger partial charge < -0.3 is 9.80 Å². The van der Waals surface area contributed by atoms with Gasteiger partial charge >= 0.3 is 0 Å². The molecular weight excluding hydrogens is 354 g/mol. The first kappa shape index (κ1) is 18.8. The van der Waals surface area contributed by atoms with Gasteiger partial charge in [0.2, 0.25) is 15.9 Å². The number of hydrogen-bond acceptors (Lipinski definition) is 4. The van der Waals surface area contributed by atoms with Crippen molar-refractivity contribution in [2.45, 2.75) is 18.8 Å². The van der Waals surface area contributed by atoms with Crippen molar-refractivity contribution in [1.82, 2.24) is 14.5 Å². The van der Waals surface area contributed by atoms with E-state index in [2.05, 4.69) is 4.72 Å². The number of likely N-dealkylation sites (N-methyl/N-ethyl adjacent to an activating group) is 1. The molecule has 0 aliphatic carbocycles. The molecule has 2 amide bonds. The van der Waals surface area contributed by atoms with E-state index in [1.807, 2.05) is 23.1 Å². The topological polar surface area (TPSA) is 86.8 Å². The van der Waals surface area contributed by atoms with Crippen LogP contribution in [0.2, 0.25) is 0 Å². The van der Waals surface area contributed by atoms with Gasteiger partial charge in [0.05, 0.1) is 12.2 Å². The molecule has 3 rings (SSSR count). The summed E-state index contributed by atoms with van der Waals surface area (Å²) in [6.07, 6.45) is 2.71. The van der Waals surface area contributed by atoms with Crippen molar-refractivity contribution >= 4 is 21.8 Å². The Labute approximate surface area is 154 Å². The summed E-state index contributed by atoms with van der Waals surface area (Å²) in [5.74, 6) is -0.0854. The molecule has 1 N–H and O–H groups in total. The maximum Gasteiger partial charge on any atom is 0.253 e. The van der Waals surface area contributed by atoms with Gasteiger partial charge in [0.1, 0.15) is 0 Å². The first-order chi connectivity index (χ1) is 12.3. The number of nitrogens with zero attached hydrogens (tertiary/aromatic N) is 2. The molecule has 142 valence electrons. The van der Waals surface area contributed by atoms with Gasteiger partial charge in [0.25, 0.3) is 5.91 Å². The Bertz CT molecular complexity index is 800. The second kappa shape index (κ2) is 7.36. The highest BCUT2D eigenvalue weighted by Crippen LogP contribution is 2.30. The molecule has 1 aromatic carbocycles.